The van der Waals surface area contributed by atoms with Gasteiger partial charge in [-0.15, -0.1) is 6.58 Å². The number of halogens is 5. The summed E-state index contributed by atoms with van der Waals surface area (Å²) in [6, 6.07) is 2.89. The first-order valence-electron chi connectivity index (χ1n) is 11.0. The number of nitrogens with zero attached hydrogens (tertiary/aromatic N) is 3. The molecule has 8 nitrogen and oxygen atoms in total. The Bertz CT molecular complexity index is 1110. The van der Waals surface area contributed by atoms with E-state index < -0.39 is 60.1 Å². The maximum atomic E-state index is 13.3. The lowest BCUT2D eigenvalue weighted by Gasteiger charge is -2.28. The van der Waals surface area contributed by atoms with Crippen LogP contribution in [0.2, 0.25) is 0 Å². The van der Waals surface area contributed by atoms with Gasteiger partial charge in [0.15, 0.2) is 11.4 Å². The number of alkyl halides is 4. The van der Waals surface area contributed by atoms with Crippen LogP contribution in [0, 0.1) is 5.82 Å². The minimum absolute atomic E-state index is 0.0873. The Labute approximate surface area is 210 Å². The molecule has 200 valence electrons. The van der Waals surface area contributed by atoms with Crippen molar-refractivity contribution in [2.75, 3.05) is 6.54 Å². The molecule has 0 aliphatic heterocycles. The van der Waals surface area contributed by atoms with Crippen LogP contribution in [0.4, 0.5) is 27.8 Å². The number of pyridine rings is 2. The molecule has 0 saturated carbocycles. The molecule has 0 saturated heterocycles. The Morgan fingerprint density at radius 2 is 1.89 bits per heavy atom. The highest BCUT2D eigenvalue weighted by molar-refractivity contribution is 5.94. The van der Waals surface area contributed by atoms with Crippen LogP contribution in [0.1, 0.15) is 49.0 Å². The van der Waals surface area contributed by atoms with Gasteiger partial charge in [-0.1, -0.05) is 6.08 Å². The van der Waals surface area contributed by atoms with E-state index in [-0.39, 0.29) is 17.8 Å². The molecular formula is C24H26F5N5O3. The molecule has 0 aliphatic carbocycles. The van der Waals surface area contributed by atoms with Gasteiger partial charge in [-0.25, -0.2) is 36.9 Å². The topological polar surface area (TPSA) is 106 Å². The number of amides is 2. The van der Waals surface area contributed by atoms with E-state index in [2.05, 4.69) is 32.2 Å². The van der Waals surface area contributed by atoms with Crippen LogP contribution in [-0.2, 0) is 4.79 Å². The second kappa shape index (κ2) is 13.4. The summed E-state index contributed by atoms with van der Waals surface area (Å²) in [7, 11) is 0. The van der Waals surface area contributed by atoms with Crippen LogP contribution in [0.15, 0.2) is 48.2 Å². The van der Waals surface area contributed by atoms with E-state index in [1.165, 1.54) is 38.4 Å². The van der Waals surface area contributed by atoms with Crippen LogP contribution >= 0.6 is 0 Å². The van der Waals surface area contributed by atoms with Gasteiger partial charge in [-0.3, -0.25) is 9.59 Å². The van der Waals surface area contributed by atoms with Crippen LogP contribution < -0.4 is 15.4 Å². The van der Waals surface area contributed by atoms with Crippen LogP contribution in [0.3, 0.4) is 0 Å². The molecule has 1 atom stereocenters. The normalized spacial score (nSPS) is 12.6. The fourth-order valence-electron chi connectivity index (χ4n) is 2.89. The van der Waals surface area contributed by atoms with Crippen molar-refractivity contribution >= 4 is 23.8 Å². The summed E-state index contributed by atoms with van der Waals surface area (Å²) < 4.78 is 69.6. The molecule has 2 heterocycles. The SMILES string of the molecule is C=CCC(CC=Nc1ccc(C(=O)NCC(F)F)cn1)NC(=O)C(C)(C)Oc1ncc(F)cc1C(F)F. The van der Waals surface area contributed by atoms with Crippen molar-refractivity contribution < 1.29 is 36.3 Å². The van der Waals surface area contributed by atoms with E-state index in [1.807, 2.05) is 0 Å². The van der Waals surface area contributed by atoms with Crippen molar-refractivity contribution in [3.63, 3.8) is 0 Å². The smallest absolute Gasteiger partial charge is 0.269 e. The van der Waals surface area contributed by atoms with Crippen molar-refractivity contribution in [1.82, 2.24) is 20.6 Å². The van der Waals surface area contributed by atoms with Crippen molar-refractivity contribution in [2.45, 2.75) is 51.2 Å². The van der Waals surface area contributed by atoms with E-state index in [9.17, 15) is 31.5 Å². The molecule has 2 rings (SSSR count). The monoisotopic (exact) mass is 527 g/mol. The Morgan fingerprint density at radius 3 is 2.49 bits per heavy atom. The lowest BCUT2D eigenvalue weighted by molar-refractivity contribution is -0.135. The molecule has 0 spiro atoms. The Hall–Kier alpha value is -3.90. The largest absolute Gasteiger partial charge is 0.461 e. The van der Waals surface area contributed by atoms with E-state index >= 15 is 0 Å². The van der Waals surface area contributed by atoms with Crippen molar-refractivity contribution in [3.05, 3.63) is 60.2 Å². The number of nitrogens with one attached hydrogen (secondary N) is 2. The molecule has 0 radical (unpaired) electrons. The molecule has 2 aromatic rings. The highest BCUT2D eigenvalue weighted by atomic mass is 19.3. The van der Waals surface area contributed by atoms with Gasteiger partial charge in [0, 0.05) is 24.9 Å². The molecule has 2 N–H and O–H groups in total. The third-order valence-corrected chi connectivity index (χ3v) is 4.81. The van der Waals surface area contributed by atoms with Gasteiger partial charge in [0.25, 0.3) is 24.7 Å². The van der Waals surface area contributed by atoms with Gasteiger partial charge in [-0.2, -0.15) is 0 Å². The van der Waals surface area contributed by atoms with E-state index in [1.54, 1.807) is 6.08 Å². The minimum Gasteiger partial charge on any atom is -0.461 e. The summed E-state index contributed by atoms with van der Waals surface area (Å²) in [6.45, 7) is 5.57. The van der Waals surface area contributed by atoms with E-state index in [0.29, 0.717) is 18.7 Å². The first kappa shape index (κ1) is 29.3. The Kier molecular flexibility index (Phi) is 10.6. The molecule has 0 aromatic carbocycles. The average Bonchev–Trinajstić information content (AvgIpc) is 2.83. The number of carbonyl (C=O) groups is 2. The highest BCUT2D eigenvalue weighted by Crippen LogP contribution is 2.30. The maximum absolute atomic E-state index is 13.3. The fourth-order valence-corrected chi connectivity index (χ4v) is 2.89. The van der Waals surface area contributed by atoms with Gasteiger partial charge in [0.1, 0.15) is 5.82 Å². The van der Waals surface area contributed by atoms with Crippen molar-refractivity contribution in [2.24, 2.45) is 4.99 Å². The molecule has 2 amide bonds. The Balaban J connectivity index is 2.01. The highest BCUT2D eigenvalue weighted by Gasteiger charge is 2.33. The minimum atomic E-state index is -3.06. The van der Waals surface area contributed by atoms with Gasteiger partial charge < -0.3 is 15.4 Å². The molecule has 13 heteroatoms. The fraction of sp³-hybridized carbons (Fsp3) is 0.375. The van der Waals surface area contributed by atoms with Crippen molar-refractivity contribution in [3.8, 4) is 5.88 Å². The van der Waals surface area contributed by atoms with E-state index in [4.69, 9.17) is 4.74 Å². The molecule has 1 unspecified atom stereocenters. The zero-order chi connectivity index (χ0) is 27.6. The average molecular weight is 527 g/mol. The summed E-state index contributed by atoms with van der Waals surface area (Å²) in [5.74, 6) is -2.63. The third kappa shape index (κ3) is 9.24. The number of hydrogen-bond donors (Lipinski definition) is 2. The summed E-state index contributed by atoms with van der Waals surface area (Å²) in [5, 5.41) is 4.78. The molecule has 2 aromatic heterocycles. The summed E-state index contributed by atoms with van der Waals surface area (Å²) in [4.78, 5) is 36.3. The second-order valence-corrected chi connectivity index (χ2v) is 8.21. The van der Waals surface area contributed by atoms with Crippen LogP contribution in [0.5, 0.6) is 5.88 Å². The number of carbonyl (C=O) groups excluding carboxylic acids is 2. The summed E-state index contributed by atoms with van der Waals surface area (Å²) in [6.07, 6.45) is -0.236. The zero-order valence-corrected chi connectivity index (χ0v) is 20.1. The predicted octanol–water partition coefficient (Wildman–Crippen LogP) is 4.56. The first-order chi connectivity index (χ1) is 17.4. The predicted molar refractivity (Wildman–Crippen MR) is 126 cm³/mol. The summed E-state index contributed by atoms with van der Waals surface area (Å²) >= 11 is 0. The molecule has 0 aliphatic rings. The number of ether oxygens (including phenoxy) is 1. The van der Waals surface area contributed by atoms with Crippen LogP contribution in [-0.4, -0.2) is 52.6 Å². The number of hydrogen-bond acceptors (Lipinski definition) is 6. The molecule has 0 bridgehead atoms. The van der Waals surface area contributed by atoms with Crippen molar-refractivity contribution in [1.29, 1.82) is 0 Å². The third-order valence-electron chi connectivity index (χ3n) is 4.81. The van der Waals surface area contributed by atoms with Gasteiger partial charge in [-0.05, 0) is 38.5 Å². The second-order valence-electron chi connectivity index (χ2n) is 8.21. The lowest BCUT2D eigenvalue weighted by atomic mass is 10.1. The Morgan fingerprint density at radius 1 is 1.16 bits per heavy atom. The lowest BCUT2D eigenvalue weighted by Crippen LogP contribution is -2.50. The molecular weight excluding hydrogens is 501 g/mol. The van der Waals surface area contributed by atoms with Gasteiger partial charge >= 0.3 is 0 Å². The van der Waals surface area contributed by atoms with Crippen LogP contribution in [0.25, 0.3) is 0 Å². The van der Waals surface area contributed by atoms with Gasteiger partial charge in [0.2, 0.25) is 5.88 Å². The molecule has 37 heavy (non-hydrogen) atoms. The molecule has 0 fully saturated rings. The van der Waals surface area contributed by atoms with E-state index in [0.717, 1.165) is 0 Å². The maximum Gasteiger partial charge on any atom is 0.269 e. The number of aliphatic imine (C=N–C) groups is 1. The zero-order valence-electron chi connectivity index (χ0n) is 20.1. The summed E-state index contributed by atoms with van der Waals surface area (Å²) in [5.41, 5.74) is -2.32. The van der Waals surface area contributed by atoms with Gasteiger partial charge in [0.05, 0.1) is 23.9 Å². The number of rotatable bonds is 13. The quantitative estimate of drug-likeness (QED) is 0.226. The number of aromatic nitrogens is 2. The standard InChI is InChI=1S/C24H26F5N5O3/c1-4-5-16(8-9-30-19-7-6-14(11-31-19)21(35)32-13-18(26)27)34-23(36)24(2,3)37-22-17(20(28)29)10-15(25)12-33-22/h4,6-7,9-12,16,18,20H,1,5,8,13H2,2-3H3,(H,32,35)(H,34,36). The first-order valence-corrected chi connectivity index (χ1v) is 11.0.